The molecule has 28 heavy (non-hydrogen) atoms. The Balaban J connectivity index is 1.97. The number of anilines is 1. The second-order valence-corrected chi connectivity index (χ2v) is 8.38. The van der Waals surface area contributed by atoms with Gasteiger partial charge in [0.1, 0.15) is 6.54 Å². The standard InChI is InChI=1S/C19H23ClN2O5S/c1-26-17-9-4-14(12-18(17)27-2)10-11-21-19(23)13-22(28(3,24)25)16-7-5-15(20)6-8-16/h4-9,12H,10-11,13H2,1-3H3,(H,21,23). The van der Waals surface area contributed by atoms with E-state index in [1.54, 1.807) is 44.6 Å². The lowest BCUT2D eigenvalue weighted by atomic mass is 10.1. The van der Waals surface area contributed by atoms with Gasteiger partial charge in [-0.25, -0.2) is 8.42 Å². The van der Waals surface area contributed by atoms with E-state index in [1.165, 1.54) is 0 Å². The first-order valence-electron chi connectivity index (χ1n) is 8.45. The van der Waals surface area contributed by atoms with Gasteiger partial charge in [-0.3, -0.25) is 9.10 Å². The molecule has 2 rings (SSSR count). The maximum atomic E-state index is 12.3. The lowest BCUT2D eigenvalue weighted by Gasteiger charge is -2.22. The Morgan fingerprint density at radius 1 is 1.07 bits per heavy atom. The van der Waals surface area contributed by atoms with Gasteiger partial charge in [-0.2, -0.15) is 0 Å². The highest BCUT2D eigenvalue weighted by Gasteiger charge is 2.20. The third-order valence-electron chi connectivity index (χ3n) is 3.99. The van der Waals surface area contributed by atoms with Crippen molar-refractivity contribution in [3.05, 3.63) is 53.1 Å². The molecule has 0 aromatic heterocycles. The lowest BCUT2D eigenvalue weighted by molar-refractivity contribution is -0.119. The van der Waals surface area contributed by atoms with Crippen LogP contribution in [0.4, 0.5) is 5.69 Å². The van der Waals surface area contributed by atoms with Crippen LogP contribution in [0.5, 0.6) is 11.5 Å². The minimum absolute atomic E-state index is 0.313. The summed E-state index contributed by atoms with van der Waals surface area (Å²) in [6.07, 6.45) is 1.62. The molecule has 2 aromatic rings. The van der Waals surface area contributed by atoms with Gasteiger partial charge in [0.2, 0.25) is 15.9 Å². The third-order valence-corrected chi connectivity index (χ3v) is 5.38. The smallest absolute Gasteiger partial charge is 0.240 e. The summed E-state index contributed by atoms with van der Waals surface area (Å²) in [7, 11) is -0.504. The molecule has 0 unspecified atom stereocenters. The molecule has 7 nitrogen and oxygen atoms in total. The zero-order chi connectivity index (χ0) is 20.7. The highest BCUT2D eigenvalue weighted by atomic mass is 35.5. The van der Waals surface area contributed by atoms with Gasteiger partial charge in [0.05, 0.1) is 26.2 Å². The molecule has 0 aliphatic rings. The average molecular weight is 427 g/mol. The topological polar surface area (TPSA) is 84.9 Å². The molecule has 9 heteroatoms. The number of nitrogens with zero attached hydrogens (tertiary/aromatic N) is 1. The van der Waals surface area contributed by atoms with Crippen LogP contribution in [0.2, 0.25) is 5.02 Å². The monoisotopic (exact) mass is 426 g/mol. The molecule has 1 amide bonds. The van der Waals surface area contributed by atoms with E-state index in [1.807, 2.05) is 12.1 Å². The summed E-state index contributed by atoms with van der Waals surface area (Å²) in [5.41, 5.74) is 1.33. The van der Waals surface area contributed by atoms with Crippen LogP contribution in [0, 0.1) is 0 Å². The molecular weight excluding hydrogens is 404 g/mol. The van der Waals surface area contributed by atoms with E-state index < -0.39 is 15.9 Å². The van der Waals surface area contributed by atoms with Crippen LogP contribution < -0.4 is 19.1 Å². The molecule has 0 aliphatic carbocycles. The van der Waals surface area contributed by atoms with Crippen molar-refractivity contribution >= 4 is 33.2 Å². The Morgan fingerprint density at radius 3 is 2.29 bits per heavy atom. The Hall–Kier alpha value is -2.45. The van der Waals surface area contributed by atoms with Gasteiger partial charge in [-0.05, 0) is 48.4 Å². The number of ether oxygens (including phenoxy) is 2. The number of rotatable bonds is 9. The second kappa shape index (κ2) is 9.66. The number of sulfonamides is 1. The van der Waals surface area contributed by atoms with Gasteiger partial charge in [-0.1, -0.05) is 17.7 Å². The molecule has 1 N–H and O–H groups in total. The second-order valence-electron chi connectivity index (χ2n) is 6.04. The predicted molar refractivity (Wildman–Crippen MR) is 110 cm³/mol. The maximum absolute atomic E-state index is 12.3. The van der Waals surface area contributed by atoms with Crippen LogP contribution in [0.3, 0.4) is 0 Å². The summed E-state index contributed by atoms with van der Waals surface area (Å²) >= 11 is 5.84. The van der Waals surface area contributed by atoms with Crippen LogP contribution >= 0.6 is 11.6 Å². The number of hydrogen-bond acceptors (Lipinski definition) is 5. The van der Waals surface area contributed by atoms with Crippen LogP contribution in [0.1, 0.15) is 5.56 Å². The van der Waals surface area contributed by atoms with Crippen molar-refractivity contribution in [2.75, 3.05) is 37.9 Å². The van der Waals surface area contributed by atoms with E-state index in [0.717, 1.165) is 16.1 Å². The minimum atomic E-state index is -3.62. The molecule has 0 saturated carbocycles. The lowest BCUT2D eigenvalue weighted by Crippen LogP contribution is -2.40. The summed E-state index contributed by atoms with van der Waals surface area (Å²) in [5, 5.41) is 3.22. The Morgan fingerprint density at radius 2 is 1.71 bits per heavy atom. The first-order valence-corrected chi connectivity index (χ1v) is 10.7. The van der Waals surface area contributed by atoms with Crippen molar-refractivity contribution in [1.29, 1.82) is 0 Å². The SMILES string of the molecule is COc1ccc(CCNC(=O)CN(c2ccc(Cl)cc2)S(C)(=O)=O)cc1OC. The van der Waals surface area contributed by atoms with E-state index >= 15 is 0 Å². The van der Waals surface area contributed by atoms with Crippen molar-refractivity contribution in [3.8, 4) is 11.5 Å². The quantitative estimate of drug-likeness (QED) is 0.665. The molecule has 0 saturated heterocycles. The molecule has 0 atom stereocenters. The van der Waals surface area contributed by atoms with Gasteiger partial charge in [0, 0.05) is 11.6 Å². The number of methoxy groups -OCH3 is 2. The molecule has 0 aliphatic heterocycles. The molecule has 2 aromatic carbocycles. The zero-order valence-electron chi connectivity index (χ0n) is 15.9. The first kappa shape index (κ1) is 21.8. The van der Waals surface area contributed by atoms with E-state index in [4.69, 9.17) is 21.1 Å². The van der Waals surface area contributed by atoms with E-state index in [2.05, 4.69) is 5.32 Å². The average Bonchev–Trinajstić information content (AvgIpc) is 2.66. The molecule has 0 bridgehead atoms. The van der Waals surface area contributed by atoms with Crippen LogP contribution in [0.15, 0.2) is 42.5 Å². The molecule has 0 heterocycles. The predicted octanol–water partition coefficient (Wildman–Crippen LogP) is 2.48. The summed E-state index contributed by atoms with van der Waals surface area (Å²) < 4.78 is 35.6. The summed E-state index contributed by atoms with van der Waals surface area (Å²) in [6, 6.07) is 11.8. The molecule has 0 radical (unpaired) electrons. The van der Waals surface area contributed by atoms with E-state index in [9.17, 15) is 13.2 Å². The Bertz CT molecular complexity index is 916. The fourth-order valence-corrected chi connectivity index (χ4v) is 3.56. The van der Waals surface area contributed by atoms with Crippen molar-refractivity contribution < 1.29 is 22.7 Å². The number of carbonyl (C=O) groups excluding carboxylic acids is 1. The van der Waals surface area contributed by atoms with E-state index in [-0.39, 0.29) is 6.54 Å². The number of halogens is 1. The summed E-state index contributed by atoms with van der Waals surface area (Å²) in [5.74, 6) is 0.834. The highest BCUT2D eigenvalue weighted by Crippen LogP contribution is 2.27. The summed E-state index contributed by atoms with van der Waals surface area (Å²) in [4.78, 5) is 12.3. The largest absolute Gasteiger partial charge is 0.493 e. The number of carbonyl (C=O) groups is 1. The van der Waals surface area contributed by atoms with Gasteiger partial charge in [0.15, 0.2) is 11.5 Å². The molecular formula is C19H23ClN2O5S. The molecule has 0 spiro atoms. The number of amides is 1. The minimum Gasteiger partial charge on any atom is -0.493 e. The number of hydrogen-bond donors (Lipinski definition) is 1. The van der Waals surface area contributed by atoms with Gasteiger partial charge in [-0.15, -0.1) is 0 Å². The van der Waals surface area contributed by atoms with Crippen molar-refractivity contribution in [2.24, 2.45) is 0 Å². The van der Waals surface area contributed by atoms with Crippen molar-refractivity contribution in [1.82, 2.24) is 5.32 Å². The number of nitrogens with one attached hydrogen (secondary N) is 1. The first-order chi connectivity index (χ1) is 13.2. The van der Waals surface area contributed by atoms with Crippen LogP contribution in [0.25, 0.3) is 0 Å². The zero-order valence-corrected chi connectivity index (χ0v) is 17.5. The Labute approximate surface area is 170 Å². The van der Waals surface area contributed by atoms with Crippen molar-refractivity contribution in [3.63, 3.8) is 0 Å². The highest BCUT2D eigenvalue weighted by molar-refractivity contribution is 7.92. The van der Waals surface area contributed by atoms with Crippen molar-refractivity contribution in [2.45, 2.75) is 6.42 Å². The summed E-state index contributed by atoms with van der Waals surface area (Å²) in [6.45, 7) is 0.0406. The van der Waals surface area contributed by atoms with Gasteiger partial charge < -0.3 is 14.8 Å². The third kappa shape index (κ3) is 6.03. The number of benzene rings is 2. The van der Waals surface area contributed by atoms with Gasteiger partial charge in [0.25, 0.3) is 0 Å². The van der Waals surface area contributed by atoms with Crippen LogP contribution in [-0.2, 0) is 21.2 Å². The normalized spacial score (nSPS) is 11.0. The fraction of sp³-hybridized carbons (Fsp3) is 0.316. The van der Waals surface area contributed by atoms with Crippen LogP contribution in [-0.4, -0.2) is 47.9 Å². The fourth-order valence-electron chi connectivity index (χ4n) is 2.58. The Kier molecular flexibility index (Phi) is 7.53. The van der Waals surface area contributed by atoms with E-state index in [0.29, 0.717) is 35.2 Å². The van der Waals surface area contributed by atoms with Gasteiger partial charge >= 0.3 is 0 Å². The maximum Gasteiger partial charge on any atom is 0.240 e. The molecule has 0 fully saturated rings. The molecule has 152 valence electrons.